The van der Waals surface area contributed by atoms with Crippen LogP contribution in [-0.4, -0.2) is 47.0 Å². The molecule has 2 N–H and O–H groups in total. The molecule has 1 aromatic heterocycles. The zero-order valence-corrected chi connectivity index (χ0v) is 19.8. The van der Waals surface area contributed by atoms with Gasteiger partial charge in [0.1, 0.15) is 5.60 Å². The summed E-state index contributed by atoms with van der Waals surface area (Å²) >= 11 is 4.76. The van der Waals surface area contributed by atoms with Crippen molar-refractivity contribution in [3.05, 3.63) is 26.6 Å². The van der Waals surface area contributed by atoms with E-state index in [0.717, 1.165) is 15.2 Å². The van der Waals surface area contributed by atoms with Gasteiger partial charge in [-0.2, -0.15) is 4.89 Å². The van der Waals surface area contributed by atoms with E-state index in [0.29, 0.717) is 19.3 Å². The van der Waals surface area contributed by atoms with Gasteiger partial charge in [-0.15, -0.1) is 11.3 Å². The van der Waals surface area contributed by atoms with E-state index in [2.05, 4.69) is 36.0 Å². The molecule has 1 aromatic rings. The topological polar surface area (TPSA) is 107 Å². The first-order valence-corrected chi connectivity index (χ1v) is 10.8. The molecule has 10 heteroatoms. The fourth-order valence-corrected chi connectivity index (χ4v) is 3.59. The number of nitrogens with one attached hydrogen (secondary N) is 1. The third-order valence-corrected chi connectivity index (χ3v) is 4.65. The lowest BCUT2D eigenvalue weighted by molar-refractivity contribution is -0.255. The Balaban J connectivity index is 2.67. The van der Waals surface area contributed by atoms with E-state index >= 15 is 0 Å². The highest BCUT2D eigenvalue weighted by Crippen LogP contribution is 2.17. The highest BCUT2D eigenvalue weighted by molar-refractivity contribution is 9.11. The largest absolute Gasteiger partial charge is 0.444 e. The molecule has 8 nitrogen and oxygen atoms in total. The average molecular weight is 493 g/mol. The second-order valence-electron chi connectivity index (χ2n) is 7.47. The molecule has 1 rings (SSSR count). The molecule has 0 spiro atoms. The highest BCUT2D eigenvalue weighted by atomic mass is 79.9. The van der Waals surface area contributed by atoms with E-state index in [4.69, 9.17) is 4.74 Å². The molecule has 0 radical (unpaired) electrons. The summed E-state index contributed by atoms with van der Waals surface area (Å²) in [5.41, 5.74) is 0.182. The van der Waals surface area contributed by atoms with Gasteiger partial charge in [-0.25, -0.2) is 14.6 Å². The van der Waals surface area contributed by atoms with Crippen LogP contribution in [0.2, 0.25) is 0 Å². The lowest BCUT2D eigenvalue weighted by Gasteiger charge is -2.23. The Bertz CT molecular complexity index is 697. The first kappa shape index (κ1) is 25.5. The van der Waals surface area contributed by atoms with Crippen LogP contribution in [0.5, 0.6) is 0 Å². The van der Waals surface area contributed by atoms with Crippen LogP contribution >= 0.6 is 27.3 Å². The molecule has 0 saturated carbocycles. The van der Waals surface area contributed by atoms with E-state index in [1.165, 1.54) is 18.4 Å². The van der Waals surface area contributed by atoms with Crippen LogP contribution in [-0.2, 0) is 32.1 Å². The summed E-state index contributed by atoms with van der Waals surface area (Å²) in [5.74, 6) is -0.590. The van der Waals surface area contributed by atoms with Gasteiger partial charge in [0, 0.05) is 17.8 Å². The van der Waals surface area contributed by atoms with Gasteiger partial charge in [-0.3, -0.25) is 4.89 Å². The average Bonchev–Trinajstić information content (AvgIpc) is 2.97. The van der Waals surface area contributed by atoms with E-state index < -0.39 is 29.8 Å². The minimum Gasteiger partial charge on any atom is -0.444 e. The maximum Gasteiger partial charge on any atom is 0.407 e. The van der Waals surface area contributed by atoms with Crippen molar-refractivity contribution in [1.82, 2.24) is 10.3 Å². The van der Waals surface area contributed by atoms with Crippen molar-refractivity contribution in [2.24, 2.45) is 0 Å². The lowest BCUT2D eigenvalue weighted by Crippen LogP contribution is -2.40. The second-order valence-corrected chi connectivity index (χ2v) is 9.66. The Morgan fingerprint density at radius 3 is 2.69 bits per heavy atom. The molecule has 0 unspecified atom stereocenters. The van der Waals surface area contributed by atoms with Crippen LogP contribution in [0.3, 0.4) is 0 Å². The third kappa shape index (κ3) is 11.9. The molecule has 0 saturated heterocycles. The van der Waals surface area contributed by atoms with Crippen LogP contribution in [0.15, 0.2) is 15.9 Å². The molecule has 2 atom stereocenters. The molecule has 1 heterocycles. The molecule has 0 fully saturated rings. The van der Waals surface area contributed by atoms with Crippen LogP contribution in [0.4, 0.5) is 4.79 Å². The molecule has 0 aliphatic heterocycles. The van der Waals surface area contributed by atoms with Gasteiger partial charge in [-0.1, -0.05) is 15.9 Å². The number of alkyl carbamates (subject to hydrolysis) is 1. The summed E-state index contributed by atoms with van der Waals surface area (Å²) in [6.45, 7) is 7.14. The quantitative estimate of drug-likeness (QED) is 0.378. The Kier molecular flexibility index (Phi) is 10.8. The zero-order chi connectivity index (χ0) is 22.0. The lowest BCUT2D eigenvalue weighted by atomic mass is 10.1. The molecule has 0 aliphatic carbocycles. The van der Waals surface area contributed by atoms with Crippen LogP contribution < -0.4 is 5.32 Å². The summed E-state index contributed by atoms with van der Waals surface area (Å²) < 4.78 is 6.12. The van der Waals surface area contributed by atoms with Gasteiger partial charge >= 0.3 is 12.1 Å². The molecule has 0 aliphatic rings. The maximum atomic E-state index is 12.1. The molecule has 164 valence electrons. The van der Waals surface area contributed by atoms with Gasteiger partial charge < -0.3 is 15.2 Å². The number of thiazole rings is 1. The number of aromatic nitrogens is 1. The smallest absolute Gasteiger partial charge is 0.407 e. The number of aliphatic hydroxyl groups excluding tert-OH is 1. The Hall–Kier alpha value is -1.49. The number of amides is 1. The highest BCUT2D eigenvalue weighted by Gasteiger charge is 2.22. The fraction of sp³-hybridized carbons (Fsp3) is 0.632. The van der Waals surface area contributed by atoms with Crippen molar-refractivity contribution in [3.63, 3.8) is 0 Å². The monoisotopic (exact) mass is 492 g/mol. The molecule has 29 heavy (non-hydrogen) atoms. The summed E-state index contributed by atoms with van der Waals surface area (Å²) in [6.07, 6.45) is 1.87. The number of aryl methyl sites for hydroxylation is 1. The van der Waals surface area contributed by atoms with E-state index in [1.807, 2.05) is 12.3 Å². The molecule has 0 bridgehead atoms. The maximum absolute atomic E-state index is 12.1. The molecular formula is C19H29BrN2O6S. The fourth-order valence-electron chi connectivity index (χ4n) is 2.41. The minimum atomic E-state index is -0.645. The SMILES string of the molecule is COOC(=O)C[C@@H](CCc1csc(C[C@H](O)/C=C(\C)Br)n1)NC(=O)OC(C)(C)C. The van der Waals surface area contributed by atoms with Crippen LogP contribution in [0, 0.1) is 0 Å². The standard InChI is InChI=1S/C19H29BrN2O6S/c1-12(20)8-15(23)10-16-21-14(11-29-16)7-6-13(9-17(24)28-26-5)22-18(25)27-19(2,3)4/h8,11,13,15,23H,6-7,9-10H2,1-5H3,(H,22,25)/b12-8+/t13-,15-/m1/s1. The normalized spacial score (nSPS) is 14.2. The number of ether oxygens (including phenoxy) is 1. The first-order chi connectivity index (χ1) is 13.5. The van der Waals surface area contributed by atoms with Gasteiger partial charge in [0.2, 0.25) is 0 Å². The van der Waals surface area contributed by atoms with Gasteiger partial charge in [0.25, 0.3) is 0 Å². The van der Waals surface area contributed by atoms with Crippen molar-refractivity contribution in [2.75, 3.05) is 7.11 Å². The summed E-state index contributed by atoms with van der Waals surface area (Å²) in [5, 5.41) is 15.4. The van der Waals surface area contributed by atoms with Gasteiger partial charge in [-0.05, 0) is 51.1 Å². The number of hydrogen-bond donors (Lipinski definition) is 2. The number of nitrogens with zero attached hydrogens (tertiary/aromatic N) is 1. The van der Waals surface area contributed by atoms with Crippen molar-refractivity contribution in [1.29, 1.82) is 0 Å². The van der Waals surface area contributed by atoms with Crippen LogP contribution in [0.25, 0.3) is 0 Å². The number of allylic oxidation sites excluding steroid dienone is 1. The van der Waals surface area contributed by atoms with Gasteiger partial charge in [0.05, 0.1) is 30.3 Å². The van der Waals surface area contributed by atoms with E-state index in [1.54, 1.807) is 26.8 Å². The third-order valence-electron chi connectivity index (χ3n) is 3.46. The summed E-state index contributed by atoms with van der Waals surface area (Å²) in [4.78, 5) is 37.2. The number of aliphatic hydroxyl groups is 1. The van der Waals surface area contributed by atoms with Gasteiger partial charge in [0.15, 0.2) is 0 Å². The zero-order valence-electron chi connectivity index (χ0n) is 17.4. The van der Waals surface area contributed by atoms with Crippen molar-refractivity contribution >= 4 is 39.3 Å². The molecule has 1 amide bonds. The summed E-state index contributed by atoms with van der Waals surface area (Å²) in [7, 11) is 1.24. The van der Waals surface area contributed by atoms with E-state index in [9.17, 15) is 14.7 Å². The number of carbonyl (C=O) groups excluding carboxylic acids is 2. The van der Waals surface area contributed by atoms with Crippen molar-refractivity contribution in [2.45, 2.75) is 71.1 Å². The summed E-state index contributed by atoms with van der Waals surface area (Å²) in [6, 6.07) is -0.498. The number of hydrogen-bond acceptors (Lipinski definition) is 8. The van der Waals surface area contributed by atoms with Crippen molar-refractivity contribution < 1.29 is 29.2 Å². The predicted molar refractivity (Wildman–Crippen MR) is 114 cm³/mol. The second kappa shape index (κ2) is 12.3. The van der Waals surface area contributed by atoms with Crippen LogP contribution in [0.1, 0.15) is 51.2 Å². The Morgan fingerprint density at radius 1 is 1.41 bits per heavy atom. The Morgan fingerprint density at radius 2 is 2.10 bits per heavy atom. The first-order valence-electron chi connectivity index (χ1n) is 9.16. The molecule has 0 aromatic carbocycles. The number of carbonyl (C=O) groups is 2. The number of rotatable bonds is 10. The van der Waals surface area contributed by atoms with Crippen molar-refractivity contribution in [3.8, 4) is 0 Å². The van der Waals surface area contributed by atoms with E-state index in [-0.39, 0.29) is 6.42 Å². The minimum absolute atomic E-state index is 0.0574. The molecular weight excluding hydrogens is 464 g/mol. The predicted octanol–water partition coefficient (Wildman–Crippen LogP) is 3.67. The number of halogens is 1. The Labute approximate surface area is 183 Å².